The molecule has 20 heavy (non-hydrogen) atoms. The Balaban J connectivity index is 2.01. The fourth-order valence-corrected chi connectivity index (χ4v) is 2.11. The monoisotopic (exact) mass is 336 g/mol. The summed E-state index contributed by atoms with van der Waals surface area (Å²) in [5.74, 6) is -0.908. The highest BCUT2D eigenvalue weighted by molar-refractivity contribution is 9.10. The van der Waals surface area contributed by atoms with Crippen molar-refractivity contribution in [3.8, 4) is 0 Å². The van der Waals surface area contributed by atoms with Crippen molar-refractivity contribution >= 4 is 27.5 Å². The minimum Gasteiger partial charge on any atom is -0.322 e. The lowest BCUT2D eigenvalue weighted by atomic mass is 10.1. The highest BCUT2D eigenvalue weighted by atomic mass is 79.9. The van der Waals surface area contributed by atoms with Gasteiger partial charge in [-0.2, -0.15) is 0 Å². The minimum atomic E-state index is -0.722. The molecule has 3 N–H and O–H groups in total. The second-order valence-electron chi connectivity index (χ2n) is 4.41. The first-order valence-electron chi connectivity index (χ1n) is 6.11. The van der Waals surface area contributed by atoms with Gasteiger partial charge in [-0.25, -0.2) is 4.39 Å². The van der Waals surface area contributed by atoms with Gasteiger partial charge in [0, 0.05) is 4.47 Å². The van der Waals surface area contributed by atoms with Crippen molar-refractivity contribution in [1.29, 1.82) is 0 Å². The molecular formula is C15H14BrFN2O. The van der Waals surface area contributed by atoms with Crippen LogP contribution >= 0.6 is 15.9 Å². The second-order valence-corrected chi connectivity index (χ2v) is 5.33. The molecule has 0 bridgehead atoms. The Morgan fingerprint density at radius 2 is 1.95 bits per heavy atom. The van der Waals surface area contributed by atoms with Gasteiger partial charge in [0.2, 0.25) is 5.91 Å². The number of nitrogens with one attached hydrogen (secondary N) is 1. The second kappa shape index (κ2) is 6.63. The number of benzene rings is 2. The molecule has 2 aromatic rings. The highest BCUT2D eigenvalue weighted by Gasteiger charge is 2.15. The van der Waals surface area contributed by atoms with Crippen LogP contribution in [0.25, 0.3) is 0 Å². The zero-order valence-corrected chi connectivity index (χ0v) is 12.2. The molecule has 2 aromatic carbocycles. The van der Waals surface area contributed by atoms with Crippen LogP contribution < -0.4 is 11.1 Å². The van der Waals surface area contributed by atoms with E-state index in [9.17, 15) is 9.18 Å². The summed E-state index contributed by atoms with van der Waals surface area (Å²) in [4.78, 5) is 11.9. The Kier molecular flexibility index (Phi) is 4.87. The topological polar surface area (TPSA) is 55.1 Å². The maximum Gasteiger partial charge on any atom is 0.241 e. The van der Waals surface area contributed by atoms with Gasteiger partial charge < -0.3 is 11.1 Å². The quantitative estimate of drug-likeness (QED) is 0.901. The molecule has 0 saturated carbocycles. The summed E-state index contributed by atoms with van der Waals surface area (Å²) >= 11 is 3.16. The Bertz CT molecular complexity index is 604. The smallest absolute Gasteiger partial charge is 0.241 e. The van der Waals surface area contributed by atoms with Crippen LogP contribution in [-0.4, -0.2) is 11.9 Å². The number of hydrogen-bond donors (Lipinski definition) is 2. The van der Waals surface area contributed by atoms with E-state index in [1.54, 1.807) is 6.07 Å². The maximum absolute atomic E-state index is 13.6. The van der Waals surface area contributed by atoms with Gasteiger partial charge in [0.25, 0.3) is 0 Å². The third-order valence-electron chi connectivity index (χ3n) is 2.82. The zero-order valence-electron chi connectivity index (χ0n) is 10.6. The summed E-state index contributed by atoms with van der Waals surface area (Å²) in [5, 5.41) is 2.50. The zero-order chi connectivity index (χ0) is 14.5. The molecule has 0 unspecified atom stereocenters. The van der Waals surface area contributed by atoms with Gasteiger partial charge in [0.15, 0.2) is 0 Å². The molecule has 0 radical (unpaired) electrons. The van der Waals surface area contributed by atoms with Crippen LogP contribution in [0.3, 0.4) is 0 Å². The number of anilines is 1. The first-order valence-corrected chi connectivity index (χ1v) is 6.91. The van der Waals surface area contributed by atoms with Crippen molar-refractivity contribution in [2.24, 2.45) is 5.73 Å². The van der Waals surface area contributed by atoms with Crippen molar-refractivity contribution in [2.45, 2.75) is 12.5 Å². The van der Waals surface area contributed by atoms with Gasteiger partial charge in [-0.3, -0.25) is 4.79 Å². The molecular weight excluding hydrogens is 323 g/mol. The summed E-state index contributed by atoms with van der Waals surface area (Å²) in [6.45, 7) is 0. The predicted octanol–water partition coefficient (Wildman–Crippen LogP) is 3.10. The number of rotatable bonds is 4. The fourth-order valence-electron chi connectivity index (χ4n) is 1.78. The van der Waals surface area contributed by atoms with Crippen LogP contribution in [0.15, 0.2) is 53.0 Å². The molecule has 0 saturated heterocycles. The highest BCUT2D eigenvalue weighted by Crippen LogP contribution is 2.19. The first-order chi connectivity index (χ1) is 9.56. The molecule has 1 amide bonds. The van der Waals surface area contributed by atoms with Crippen LogP contribution in [-0.2, 0) is 11.2 Å². The van der Waals surface area contributed by atoms with E-state index >= 15 is 0 Å². The molecule has 3 nitrogen and oxygen atoms in total. The largest absolute Gasteiger partial charge is 0.322 e. The summed E-state index contributed by atoms with van der Waals surface area (Å²) in [5.41, 5.74) is 6.92. The molecule has 1 atom stereocenters. The first kappa shape index (κ1) is 14.7. The Labute approximate surface area is 125 Å². The van der Waals surface area contributed by atoms with Crippen LogP contribution in [0.5, 0.6) is 0 Å². The van der Waals surface area contributed by atoms with Gasteiger partial charge in [0.1, 0.15) is 5.82 Å². The van der Waals surface area contributed by atoms with Gasteiger partial charge in [-0.05, 0) is 30.2 Å². The van der Waals surface area contributed by atoms with Crippen LogP contribution in [0.4, 0.5) is 10.1 Å². The number of hydrogen-bond acceptors (Lipinski definition) is 2. The molecule has 5 heteroatoms. The minimum absolute atomic E-state index is 0.127. The van der Waals surface area contributed by atoms with Crippen molar-refractivity contribution in [3.63, 3.8) is 0 Å². The third kappa shape index (κ3) is 3.88. The molecule has 0 aliphatic carbocycles. The molecule has 2 rings (SSSR count). The van der Waals surface area contributed by atoms with Crippen molar-refractivity contribution in [2.75, 3.05) is 5.32 Å². The van der Waals surface area contributed by atoms with Gasteiger partial charge in [-0.15, -0.1) is 0 Å². The Hall–Kier alpha value is -1.72. The molecule has 0 spiro atoms. The fraction of sp³-hybridized carbons (Fsp3) is 0.133. The number of amides is 1. The average Bonchev–Trinajstić information content (AvgIpc) is 2.43. The van der Waals surface area contributed by atoms with Gasteiger partial charge >= 0.3 is 0 Å². The predicted molar refractivity (Wildman–Crippen MR) is 80.9 cm³/mol. The SMILES string of the molecule is N[C@@H](Cc1ccccc1)C(=O)Nc1ccc(Br)cc1F. The molecule has 104 valence electrons. The number of carbonyl (C=O) groups excluding carboxylic acids is 1. The standard InChI is InChI=1S/C15H14BrFN2O/c16-11-6-7-14(12(17)9-11)19-15(20)13(18)8-10-4-2-1-3-5-10/h1-7,9,13H,8,18H2,(H,19,20)/t13-/m0/s1. The lowest BCUT2D eigenvalue weighted by molar-refractivity contribution is -0.117. The van der Waals surface area contributed by atoms with E-state index in [-0.39, 0.29) is 5.69 Å². The molecule has 0 aromatic heterocycles. The molecule has 0 heterocycles. The van der Waals surface area contributed by atoms with Gasteiger partial charge in [-0.1, -0.05) is 46.3 Å². The van der Waals surface area contributed by atoms with Crippen molar-refractivity contribution in [1.82, 2.24) is 0 Å². The summed E-state index contributed by atoms with van der Waals surface area (Å²) in [7, 11) is 0. The average molecular weight is 337 g/mol. The van der Waals surface area contributed by atoms with E-state index in [2.05, 4.69) is 21.2 Å². The third-order valence-corrected chi connectivity index (χ3v) is 3.32. The van der Waals surface area contributed by atoms with E-state index < -0.39 is 17.8 Å². The summed E-state index contributed by atoms with van der Waals surface area (Å²) in [6.07, 6.45) is 0.408. The van der Waals surface area contributed by atoms with E-state index in [1.165, 1.54) is 12.1 Å². The lowest BCUT2D eigenvalue weighted by Crippen LogP contribution is -2.37. The van der Waals surface area contributed by atoms with E-state index in [0.29, 0.717) is 10.9 Å². The summed E-state index contributed by atoms with van der Waals surface area (Å²) < 4.78 is 14.2. The Morgan fingerprint density at radius 3 is 2.60 bits per heavy atom. The number of halogens is 2. The summed E-state index contributed by atoms with van der Waals surface area (Å²) in [6, 6.07) is 13.2. The van der Waals surface area contributed by atoms with E-state index in [1.807, 2.05) is 30.3 Å². The molecule has 0 fully saturated rings. The van der Waals surface area contributed by atoms with Crippen LogP contribution in [0, 0.1) is 5.82 Å². The van der Waals surface area contributed by atoms with Crippen molar-refractivity contribution in [3.05, 3.63) is 64.4 Å². The van der Waals surface area contributed by atoms with E-state index in [0.717, 1.165) is 5.56 Å². The van der Waals surface area contributed by atoms with Gasteiger partial charge in [0.05, 0.1) is 11.7 Å². The molecule has 0 aliphatic rings. The van der Waals surface area contributed by atoms with Crippen LogP contribution in [0.2, 0.25) is 0 Å². The number of nitrogens with two attached hydrogens (primary N) is 1. The normalized spacial score (nSPS) is 11.9. The lowest BCUT2D eigenvalue weighted by Gasteiger charge is -2.13. The molecule has 0 aliphatic heterocycles. The van der Waals surface area contributed by atoms with E-state index in [4.69, 9.17) is 5.73 Å². The van der Waals surface area contributed by atoms with Crippen molar-refractivity contribution < 1.29 is 9.18 Å². The van der Waals surface area contributed by atoms with Crippen LogP contribution in [0.1, 0.15) is 5.56 Å². The maximum atomic E-state index is 13.6. The number of carbonyl (C=O) groups is 1. The Morgan fingerprint density at radius 1 is 1.25 bits per heavy atom.